The Morgan fingerprint density at radius 1 is 1.15 bits per heavy atom. The molecule has 1 aromatic heterocycles. The Labute approximate surface area is 151 Å². The van der Waals surface area contributed by atoms with Crippen LogP contribution in [0.4, 0.5) is 18.9 Å². The molecule has 0 fully saturated rings. The maximum absolute atomic E-state index is 12.7. The predicted octanol–water partition coefficient (Wildman–Crippen LogP) is 2.82. The lowest BCUT2D eigenvalue weighted by atomic mass is 10.1. The molecule has 0 saturated carbocycles. The second-order valence-electron chi connectivity index (χ2n) is 5.35. The van der Waals surface area contributed by atoms with Gasteiger partial charge in [0.2, 0.25) is 15.4 Å². The lowest BCUT2D eigenvalue weighted by Gasteiger charge is -2.25. The van der Waals surface area contributed by atoms with Gasteiger partial charge in [-0.1, -0.05) is 11.6 Å². The van der Waals surface area contributed by atoms with E-state index in [9.17, 15) is 31.5 Å². The van der Waals surface area contributed by atoms with E-state index in [4.69, 9.17) is 11.6 Å². The zero-order chi connectivity index (χ0) is 19.8. The van der Waals surface area contributed by atoms with Crippen molar-refractivity contribution in [2.45, 2.75) is 28.5 Å². The van der Waals surface area contributed by atoms with E-state index in [0.29, 0.717) is 6.92 Å². The number of rotatable bonds is 4. The first kappa shape index (κ1) is 20.1. The first-order valence-corrected chi connectivity index (χ1v) is 8.78. The van der Waals surface area contributed by atoms with Gasteiger partial charge in [0.1, 0.15) is 0 Å². The monoisotopic (exact) mass is 408 g/mol. The van der Waals surface area contributed by atoms with Crippen LogP contribution in [0.25, 0.3) is 0 Å². The predicted molar refractivity (Wildman–Crippen MR) is 86.4 cm³/mol. The SMILES string of the molecule is C[C@@](O)(C(=O)Nc1ccc(S(=O)(=O)c2ccncc2)cc1Cl)C(F)(F)F. The first-order valence-electron chi connectivity index (χ1n) is 6.92. The second kappa shape index (κ2) is 6.86. The maximum atomic E-state index is 12.7. The molecule has 6 nitrogen and oxygen atoms in total. The zero-order valence-electron chi connectivity index (χ0n) is 13.1. The molecule has 0 aliphatic heterocycles. The minimum absolute atomic E-state index is 0.0552. The summed E-state index contributed by atoms with van der Waals surface area (Å²) in [6.07, 6.45) is -2.64. The largest absolute Gasteiger partial charge is 0.426 e. The van der Waals surface area contributed by atoms with Crippen LogP contribution in [0.2, 0.25) is 5.02 Å². The standard InChI is InChI=1S/C15H12ClF3N2O4S/c1-14(23,15(17,18)19)13(22)21-12-3-2-10(8-11(12)16)26(24,25)9-4-6-20-7-5-9/h2-8,23H,1H3,(H,21,22)/t14-/m1/s1. The third-order valence-corrected chi connectivity index (χ3v) is 5.53. The summed E-state index contributed by atoms with van der Waals surface area (Å²) >= 11 is 5.88. The summed E-state index contributed by atoms with van der Waals surface area (Å²) in [6.45, 7) is 0.290. The average Bonchev–Trinajstić information content (AvgIpc) is 2.56. The van der Waals surface area contributed by atoms with Crippen molar-refractivity contribution in [2.75, 3.05) is 5.32 Å². The highest BCUT2D eigenvalue weighted by molar-refractivity contribution is 7.91. The summed E-state index contributed by atoms with van der Waals surface area (Å²) < 4.78 is 62.9. The topological polar surface area (TPSA) is 96.4 Å². The first-order chi connectivity index (χ1) is 11.9. The minimum Gasteiger partial charge on any atom is -0.373 e. The molecule has 2 aromatic rings. The number of amides is 1. The van der Waals surface area contributed by atoms with Gasteiger partial charge in [-0.25, -0.2) is 8.42 Å². The number of pyridine rings is 1. The molecule has 0 aliphatic carbocycles. The maximum Gasteiger partial charge on any atom is 0.426 e. The smallest absolute Gasteiger partial charge is 0.373 e. The molecule has 1 atom stereocenters. The molecule has 0 saturated heterocycles. The third-order valence-electron chi connectivity index (χ3n) is 3.45. The van der Waals surface area contributed by atoms with E-state index in [1.54, 1.807) is 0 Å². The van der Waals surface area contributed by atoms with Crippen LogP contribution in [-0.4, -0.2) is 36.2 Å². The third kappa shape index (κ3) is 3.81. The van der Waals surface area contributed by atoms with E-state index in [1.807, 2.05) is 5.32 Å². The van der Waals surface area contributed by atoms with Crippen molar-refractivity contribution in [2.24, 2.45) is 0 Å². The molecule has 0 aliphatic rings. The molecule has 0 bridgehead atoms. The van der Waals surface area contributed by atoms with Crippen molar-refractivity contribution in [3.05, 3.63) is 47.7 Å². The molecule has 2 rings (SSSR count). The van der Waals surface area contributed by atoms with Crippen LogP contribution < -0.4 is 5.32 Å². The van der Waals surface area contributed by atoms with Crippen LogP contribution in [0.5, 0.6) is 0 Å². The number of carbonyl (C=O) groups excluding carboxylic acids is 1. The fourth-order valence-electron chi connectivity index (χ4n) is 1.79. The summed E-state index contributed by atoms with van der Waals surface area (Å²) in [6, 6.07) is 5.61. The van der Waals surface area contributed by atoms with E-state index in [2.05, 4.69) is 4.98 Å². The molecule has 1 heterocycles. The van der Waals surface area contributed by atoms with Crippen LogP contribution in [0, 0.1) is 0 Å². The molecule has 0 unspecified atom stereocenters. The molecule has 140 valence electrons. The van der Waals surface area contributed by atoms with Crippen LogP contribution in [-0.2, 0) is 14.6 Å². The Hall–Kier alpha value is -2.17. The molecular weight excluding hydrogens is 397 g/mol. The number of aliphatic hydroxyl groups is 1. The van der Waals surface area contributed by atoms with Gasteiger partial charge in [-0.15, -0.1) is 0 Å². The van der Waals surface area contributed by atoms with Gasteiger partial charge in [0, 0.05) is 12.4 Å². The van der Waals surface area contributed by atoms with Gasteiger partial charge in [0.15, 0.2) is 0 Å². The van der Waals surface area contributed by atoms with E-state index >= 15 is 0 Å². The molecule has 2 N–H and O–H groups in total. The number of anilines is 1. The van der Waals surface area contributed by atoms with Gasteiger partial charge in [0.25, 0.3) is 5.91 Å². The van der Waals surface area contributed by atoms with Crippen LogP contribution in [0.1, 0.15) is 6.92 Å². The summed E-state index contributed by atoms with van der Waals surface area (Å²) in [5.41, 5.74) is -3.92. The molecule has 11 heteroatoms. The lowest BCUT2D eigenvalue weighted by molar-refractivity contribution is -0.242. The van der Waals surface area contributed by atoms with Crippen molar-refractivity contribution in [1.82, 2.24) is 4.98 Å². The van der Waals surface area contributed by atoms with E-state index in [0.717, 1.165) is 18.2 Å². The van der Waals surface area contributed by atoms with Gasteiger partial charge < -0.3 is 10.4 Å². The van der Waals surface area contributed by atoms with Crippen LogP contribution >= 0.6 is 11.6 Å². The molecular formula is C15H12ClF3N2O4S. The number of sulfone groups is 1. The fourth-order valence-corrected chi connectivity index (χ4v) is 3.36. The quantitative estimate of drug-likeness (QED) is 0.811. The van der Waals surface area contributed by atoms with Crippen LogP contribution in [0.15, 0.2) is 52.5 Å². The average molecular weight is 409 g/mol. The van der Waals surface area contributed by atoms with Gasteiger partial charge in [-0.2, -0.15) is 13.2 Å². The molecule has 0 radical (unpaired) electrons. The van der Waals surface area contributed by atoms with Gasteiger partial charge in [0.05, 0.1) is 20.5 Å². The number of nitrogens with zero attached hydrogens (tertiary/aromatic N) is 1. The Morgan fingerprint density at radius 3 is 2.23 bits per heavy atom. The number of alkyl halides is 3. The summed E-state index contributed by atoms with van der Waals surface area (Å²) in [5.74, 6) is -1.75. The number of aromatic nitrogens is 1. The van der Waals surface area contributed by atoms with Crippen molar-refractivity contribution in [3.8, 4) is 0 Å². The summed E-state index contributed by atoms with van der Waals surface area (Å²) in [7, 11) is -3.92. The van der Waals surface area contributed by atoms with E-state index < -0.39 is 27.5 Å². The number of hydrogen-bond acceptors (Lipinski definition) is 5. The summed E-state index contributed by atoms with van der Waals surface area (Å²) in [4.78, 5) is 15.1. The number of nitrogens with one attached hydrogen (secondary N) is 1. The molecule has 26 heavy (non-hydrogen) atoms. The Kier molecular flexibility index (Phi) is 5.31. The number of benzene rings is 1. The minimum atomic E-state index is -5.20. The van der Waals surface area contributed by atoms with E-state index in [1.165, 1.54) is 24.5 Å². The van der Waals surface area contributed by atoms with Gasteiger partial charge in [-0.05, 0) is 37.3 Å². The van der Waals surface area contributed by atoms with Gasteiger partial charge >= 0.3 is 6.18 Å². The molecule has 1 amide bonds. The van der Waals surface area contributed by atoms with Crippen molar-refractivity contribution >= 4 is 33.0 Å². The number of hydrogen-bond donors (Lipinski definition) is 2. The van der Waals surface area contributed by atoms with Crippen LogP contribution in [0.3, 0.4) is 0 Å². The summed E-state index contributed by atoms with van der Waals surface area (Å²) in [5, 5.41) is 10.8. The van der Waals surface area contributed by atoms with Gasteiger partial charge in [-0.3, -0.25) is 9.78 Å². The van der Waals surface area contributed by atoms with Crippen molar-refractivity contribution in [1.29, 1.82) is 0 Å². The lowest BCUT2D eigenvalue weighted by Crippen LogP contribution is -2.52. The normalized spacial score (nSPS) is 14.5. The highest BCUT2D eigenvalue weighted by atomic mass is 35.5. The van der Waals surface area contributed by atoms with E-state index in [-0.39, 0.29) is 20.5 Å². The Balaban J connectivity index is 2.33. The fraction of sp³-hybridized carbons (Fsp3) is 0.200. The molecule has 1 aromatic carbocycles. The highest BCUT2D eigenvalue weighted by Crippen LogP contribution is 2.33. The second-order valence-corrected chi connectivity index (χ2v) is 7.71. The zero-order valence-corrected chi connectivity index (χ0v) is 14.7. The highest BCUT2D eigenvalue weighted by Gasteiger charge is 2.55. The van der Waals surface area contributed by atoms with Crippen molar-refractivity contribution in [3.63, 3.8) is 0 Å². The number of halogens is 4. The molecule has 0 spiro atoms. The Morgan fingerprint density at radius 2 is 1.73 bits per heavy atom. The number of carbonyl (C=O) groups is 1. The Bertz CT molecular complexity index is 932. The van der Waals surface area contributed by atoms with Crippen molar-refractivity contribution < 1.29 is 31.5 Å².